The summed E-state index contributed by atoms with van der Waals surface area (Å²) in [5.41, 5.74) is -0.221. The maximum Gasteiger partial charge on any atom is 0.326 e. The van der Waals surface area contributed by atoms with Crippen LogP contribution in [-0.2, 0) is 19.6 Å². The molecule has 2 aromatic carbocycles. The van der Waals surface area contributed by atoms with Gasteiger partial charge in [-0.05, 0) is 36.4 Å². The van der Waals surface area contributed by atoms with Crippen molar-refractivity contribution in [2.75, 3.05) is 18.0 Å². The van der Waals surface area contributed by atoms with E-state index in [1.54, 1.807) is 12.1 Å². The lowest BCUT2D eigenvalue weighted by Gasteiger charge is -2.23. The number of esters is 1. The Balaban J connectivity index is 2.54. The molecule has 0 saturated carbocycles. The lowest BCUT2D eigenvalue weighted by molar-refractivity contribution is -0.138. The maximum atomic E-state index is 14.0. The molecule has 23 heavy (non-hydrogen) atoms. The summed E-state index contributed by atoms with van der Waals surface area (Å²) in [6.07, 6.45) is 0. The molecule has 5 nitrogen and oxygen atoms in total. The summed E-state index contributed by atoms with van der Waals surface area (Å²) in [6, 6.07) is 11.1. The smallest absolute Gasteiger partial charge is 0.326 e. The summed E-state index contributed by atoms with van der Waals surface area (Å²) in [4.78, 5) is 11.5. The fraction of sp³-hybridized carbons (Fsp3) is 0.133. The van der Waals surface area contributed by atoms with Gasteiger partial charge in [0.2, 0.25) is 0 Å². The van der Waals surface area contributed by atoms with Gasteiger partial charge in [-0.25, -0.2) is 12.8 Å². The van der Waals surface area contributed by atoms with E-state index in [0.29, 0.717) is 8.78 Å². The zero-order valence-electron chi connectivity index (χ0n) is 12.1. The lowest BCUT2D eigenvalue weighted by Crippen LogP contribution is -2.36. The van der Waals surface area contributed by atoms with Crippen molar-refractivity contribution in [1.29, 1.82) is 0 Å². The largest absolute Gasteiger partial charge is 0.468 e. The van der Waals surface area contributed by atoms with E-state index in [1.165, 1.54) is 30.3 Å². The van der Waals surface area contributed by atoms with Crippen LogP contribution in [0.1, 0.15) is 0 Å². The summed E-state index contributed by atoms with van der Waals surface area (Å²) in [7, 11) is -2.99. The van der Waals surface area contributed by atoms with Crippen molar-refractivity contribution in [3.05, 3.63) is 58.8 Å². The minimum atomic E-state index is -4.13. The molecule has 0 bridgehead atoms. The van der Waals surface area contributed by atoms with Gasteiger partial charge in [-0.2, -0.15) is 0 Å². The molecule has 0 radical (unpaired) electrons. The number of ether oxygens (including phenoxy) is 1. The fourth-order valence-corrected chi connectivity index (χ4v) is 3.55. The number of para-hydroxylation sites is 1. The second kappa shape index (κ2) is 7.10. The van der Waals surface area contributed by atoms with Crippen LogP contribution in [0.2, 0.25) is 0 Å². The summed E-state index contributed by atoms with van der Waals surface area (Å²) in [5.74, 6) is -1.55. The van der Waals surface area contributed by atoms with E-state index < -0.39 is 28.4 Å². The molecule has 8 heteroatoms. The number of rotatable bonds is 5. The van der Waals surface area contributed by atoms with Crippen LogP contribution in [0.5, 0.6) is 0 Å². The normalized spacial score (nSPS) is 11.1. The SMILES string of the molecule is COC(=O)CN(c1ccccc1F)S(=O)(=O)c1ccc(Br)cc1. The van der Waals surface area contributed by atoms with Gasteiger partial charge in [0.15, 0.2) is 0 Å². The second-order valence-electron chi connectivity index (χ2n) is 4.49. The summed E-state index contributed by atoms with van der Waals surface area (Å²) in [5, 5.41) is 0. The maximum absolute atomic E-state index is 14.0. The van der Waals surface area contributed by atoms with Crippen LogP contribution in [-0.4, -0.2) is 28.0 Å². The van der Waals surface area contributed by atoms with Gasteiger partial charge in [0.05, 0.1) is 17.7 Å². The van der Waals surface area contributed by atoms with Crippen LogP contribution in [0, 0.1) is 5.82 Å². The van der Waals surface area contributed by atoms with Crippen LogP contribution in [0.15, 0.2) is 57.9 Å². The van der Waals surface area contributed by atoms with Crippen molar-refractivity contribution in [2.24, 2.45) is 0 Å². The topological polar surface area (TPSA) is 63.7 Å². The fourth-order valence-electron chi connectivity index (χ4n) is 1.87. The van der Waals surface area contributed by atoms with Gasteiger partial charge in [-0.15, -0.1) is 0 Å². The number of halogens is 2. The van der Waals surface area contributed by atoms with Crippen LogP contribution in [0.3, 0.4) is 0 Å². The molecule has 0 N–H and O–H groups in total. The molecule has 0 aromatic heterocycles. The molecule has 0 saturated heterocycles. The Labute approximate surface area is 141 Å². The third kappa shape index (κ3) is 3.89. The summed E-state index contributed by atoms with van der Waals surface area (Å²) in [6.45, 7) is -0.629. The van der Waals surface area contributed by atoms with E-state index in [1.807, 2.05) is 0 Å². The molecule has 0 fully saturated rings. The number of anilines is 1. The van der Waals surface area contributed by atoms with Crippen LogP contribution in [0.4, 0.5) is 10.1 Å². The van der Waals surface area contributed by atoms with Crippen molar-refractivity contribution in [2.45, 2.75) is 4.90 Å². The van der Waals surface area contributed by atoms with Gasteiger partial charge >= 0.3 is 5.97 Å². The molecule has 0 unspecified atom stereocenters. The monoisotopic (exact) mass is 401 g/mol. The Morgan fingerprint density at radius 3 is 2.35 bits per heavy atom. The molecule has 0 spiro atoms. The molecule has 0 heterocycles. The van der Waals surface area contributed by atoms with Gasteiger partial charge in [0.1, 0.15) is 12.4 Å². The van der Waals surface area contributed by atoms with Gasteiger partial charge in [-0.3, -0.25) is 9.10 Å². The Bertz CT molecular complexity index is 808. The molecule has 0 atom stereocenters. The Morgan fingerprint density at radius 2 is 1.78 bits per heavy atom. The minimum Gasteiger partial charge on any atom is -0.468 e. The van der Waals surface area contributed by atoms with Crippen molar-refractivity contribution >= 4 is 37.6 Å². The van der Waals surface area contributed by atoms with E-state index in [0.717, 1.165) is 13.2 Å². The highest BCUT2D eigenvalue weighted by Crippen LogP contribution is 2.26. The molecule has 2 rings (SSSR count). The number of methoxy groups -OCH3 is 1. The first-order chi connectivity index (χ1) is 10.9. The van der Waals surface area contributed by atoms with Gasteiger partial charge < -0.3 is 4.74 Å². The van der Waals surface area contributed by atoms with Crippen molar-refractivity contribution < 1.29 is 22.3 Å². The highest BCUT2D eigenvalue weighted by atomic mass is 79.9. The predicted octanol–water partition coefficient (Wildman–Crippen LogP) is 2.96. The van der Waals surface area contributed by atoms with E-state index >= 15 is 0 Å². The first-order valence-corrected chi connectivity index (χ1v) is 8.69. The van der Waals surface area contributed by atoms with Gasteiger partial charge in [-0.1, -0.05) is 28.1 Å². The highest BCUT2D eigenvalue weighted by Gasteiger charge is 2.29. The first kappa shape index (κ1) is 17.4. The van der Waals surface area contributed by atoms with Gasteiger partial charge in [0, 0.05) is 4.47 Å². The van der Waals surface area contributed by atoms with E-state index in [4.69, 9.17) is 0 Å². The number of carbonyl (C=O) groups excluding carboxylic acids is 1. The Kier molecular flexibility index (Phi) is 5.38. The van der Waals surface area contributed by atoms with Crippen LogP contribution >= 0.6 is 15.9 Å². The third-order valence-corrected chi connectivity index (χ3v) is 5.33. The molecule has 0 aliphatic carbocycles. The molecule has 2 aromatic rings. The van der Waals surface area contributed by atoms with Crippen LogP contribution < -0.4 is 4.31 Å². The average molecular weight is 402 g/mol. The summed E-state index contributed by atoms with van der Waals surface area (Å²) < 4.78 is 45.5. The Hall–Kier alpha value is -1.93. The zero-order chi connectivity index (χ0) is 17.0. The number of nitrogens with zero attached hydrogens (tertiary/aromatic N) is 1. The summed E-state index contributed by atoms with van der Waals surface area (Å²) >= 11 is 3.21. The Morgan fingerprint density at radius 1 is 1.17 bits per heavy atom. The zero-order valence-corrected chi connectivity index (χ0v) is 14.5. The quantitative estimate of drug-likeness (QED) is 0.722. The van der Waals surface area contributed by atoms with Crippen molar-refractivity contribution in [1.82, 2.24) is 0 Å². The molecular formula is C15H13BrFNO4S. The second-order valence-corrected chi connectivity index (χ2v) is 7.27. The number of sulfonamides is 1. The molecule has 0 aliphatic heterocycles. The van der Waals surface area contributed by atoms with Gasteiger partial charge in [0.25, 0.3) is 10.0 Å². The number of hydrogen-bond acceptors (Lipinski definition) is 4. The van der Waals surface area contributed by atoms with Crippen molar-refractivity contribution in [3.63, 3.8) is 0 Å². The number of hydrogen-bond donors (Lipinski definition) is 0. The van der Waals surface area contributed by atoms with E-state index in [-0.39, 0.29) is 10.6 Å². The van der Waals surface area contributed by atoms with Crippen LogP contribution in [0.25, 0.3) is 0 Å². The molecular weight excluding hydrogens is 389 g/mol. The van der Waals surface area contributed by atoms with E-state index in [2.05, 4.69) is 20.7 Å². The standard InChI is InChI=1S/C15H13BrFNO4S/c1-22-15(19)10-18(14-5-3-2-4-13(14)17)23(20,21)12-8-6-11(16)7-9-12/h2-9H,10H2,1H3. The van der Waals surface area contributed by atoms with E-state index in [9.17, 15) is 17.6 Å². The highest BCUT2D eigenvalue weighted by molar-refractivity contribution is 9.10. The number of carbonyl (C=O) groups is 1. The molecule has 122 valence electrons. The van der Waals surface area contributed by atoms with Crippen molar-refractivity contribution in [3.8, 4) is 0 Å². The minimum absolute atomic E-state index is 0.0622. The molecule has 0 aliphatic rings. The third-order valence-electron chi connectivity index (χ3n) is 3.02. The predicted molar refractivity (Wildman–Crippen MR) is 87.1 cm³/mol. The number of benzene rings is 2. The first-order valence-electron chi connectivity index (χ1n) is 6.46. The average Bonchev–Trinajstić information content (AvgIpc) is 2.53. The lowest BCUT2D eigenvalue weighted by atomic mass is 10.3. The molecule has 0 amide bonds.